The molecule has 25 heavy (non-hydrogen) atoms. The van der Waals surface area contributed by atoms with Crippen LogP contribution in [0.4, 0.5) is 0 Å². The fourth-order valence-electron chi connectivity index (χ4n) is 4.39. The van der Waals surface area contributed by atoms with Gasteiger partial charge in [0.15, 0.2) is 0 Å². The van der Waals surface area contributed by atoms with Gasteiger partial charge in [0.1, 0.15) is 5.54 Å². The Morgan fingerprint density at radius 2 is 1.72 bits per heavy atom. The molecule has 3 N–H and O–H groups in total. The topological polar surface area (TPSA) is 56.4 Å². The van der Waals surface area contributed by atoms with Crippen LogP contribution in [0.15, 0.2) is 24.3 Å². The molecular weight excluding hydrogens is 312 g/mol. The molecule has 138 valence electrons. The van der Waals surface area contributed by atoms with Gasteiger partial charge in [0.05, 0.1) is 0 Å². The van der Waals surface area contributed by atoms with Crippen LogP contribution in [0, 0.1) is 5.92 Å². The maximum Gasteiger partial charge on any atom is 0.241 e. The normalized spacial score (nSPS) is 27.5. The van der Waals surface area contributed by atoms with Gasteiger partial charge in [0.25, 0.3) is 0 Å². The number of hydrogen-bond donors (Lipinski definition) is 3. The number of hydrogen-bond acceptors (Lipinski definition) is 4. The zero-order valence-electron chi connectivity index (χ0n) is 15.9. The molecule has 2 unspecified atom stereocenters. The Balaban J connectivity index is 1.54. The van der Waals surface area contributed by atoms with Gasteiger partial charge in [-0.1, -0.05) is 24.3 Å². The minimum atomic E-state index is -0.444. The van der Waals surface area contributed by atoms with Gasteiger partial charge in [-0.15, -0.1) is 0 Å². The third-order valence-corrected chi connectivity index (χ3v) is 6.19. The summed E-state index contributed by atoms with van der Waals surface area (Å²) in [6.07, 6.45) is 3.74. The monoisotopic (exact) mass is 344 g/mol. The maximum absolute atomic E-state index is 13.0. The van der Waals surface area contributed by atoms with Gasteiger partial charge in [0.2, 0.25) is 5.91 Å². The Hall–Kier alpha value is -1.43. The quantitative estimate of drug-likeness (QED) is 0.684. The molecule has 0 saturated carbocycles. The number of rotatable bonds is 6. The van der Waals surface area contributed by atoms with Crippen LogP contribution < -0.4 is 16.2 Å². The van der Waals surface area contributed by atoms with E-state index in [1.807, 2.05) is 14.1 Å². The lowest BCUT2D eigenvalue weighted by Crippen LogP contribution is -2.57. The van der Waals surface area contributed by atoms with Crippen molar-refractivity contribution in [2.24, 2.45) is 5.92 Å². The minimum Gasteiger partial charge on any atom is -0.354 e. The minimum absolute atomic E-state index is 0.164. The Kier molecular flexibility index (Phi) is 5.46. The van der Waals surface area contributed by atoms with E-state index in [9.17, 15) is 4.79 Å². The van der Waals surface area contributed by atoms with Crippen molar-refractivity contribution in [3.63, 3.8) is 0 Å². The van der Waals surface area contributed by atoms with E-state index in [-0.39, 0.29) is 5.91 Å². The molecule has 2 aliphatic rings. The molecule has 1 aromatic rings. The molecule has 0 bridgehead atoms. The van der Waals surface area contributed by atoms with Crippen LogP contribution >= 0.6 is 0 Å². The summed E-state index contributed by atoms with van der Waals surface area (Å²) in [5, 5.41) is 3.21. The first-order valence-electron chi connectivity index (χ1n) is 9.47. The summed E-state index contributed by atoms with van der Waals surface area (Å²) in [4.78, 5) is 15.1. The second-order valence-electron chi connectivity index (χ2n) is 7.98. The van der Waals surface area contributed by atoms with Crippen LogP contribution in [-0.2, 0) is 17.6 Å². The molecule has 0 radical (unpaired) electrons. The van der Waals surface area contributed by atoms with Gasteiger partial charge in [0, 0.05) is 31.5 Å². The van der Waals surface area contributed by atoms with Gasteiger partial charge in [-0.3, -0.25) is 20.5 Å². The second kappa shape index (κ2) is 7.44. The number of amides is 1. The molecule has 1 aromatic carbocycles. The second-order valence-corrected chi connectivity index (χ2v) is 7.98. The highest BCUT2D eigenvalue weighted by Crippen LogP contribution is 2.33. The fraction of sp³-hybridized carbons (Fsp3) is 0.650. The molecular formula is C20H32N4O. The third kappa shape index (κ3) is 3.59. The molecule has 1 fully saturated rings. The van der Waals surface area contributed by atoms with Crippen LogP contribution in [0.5, 0.6) is 0 Å². The van der Waals surface area contributed by atoms with Crippen LogP contribution in [-0.4, -0.2) is 49.1 Å². The van der Waals surface area contributed by atoms with Gasteiger partial charge in [-0.05, 0) is 57.8 Å². The first-order valence-corrected chi connectivity index (χ1v) is 9.47. The van der Waals surface area contributed by atoms with Crippen molar-refractivity contribution in [2.45, 2.75) is 57.2 Å². The Labute approximate surface area is 151 Å². The molecule has 3 rings (SSSR count). The molecule has 1 aliphatic carbocycles. The lowest BCUT2D eigenvalue weighted by Gasteiger charge is -2.34. The largest absolute Gasteiger partial charge is 0.354 e. The van der Waals surface area contributed by atoms with Crippen molar-refractivity contribution in [3.8, 4) is 0 Å². The van der Waals surface area contributed by atoms with Crippen molar-refractivity contribution in [1.82, 2.24) is 21.1 Å². The number of benzene rings is 1. The van der Waals surface area contributed by atoms with Crippen LogP contribution in [0.3, 0.4) is 0 Å². The fourth-order valence-corrected chi connectivity index (χ4v) is 4.39. The van der Waals surface area contributed by atoms with Crippen molar-refractivity contribution in [2.75, 3.05) is 20.6 Å². The first-order chi connectivity index (χ1) is 11.9. The molecule has 0 aromatic heterocycles. The summed E-state index contributed by atoms with van der Waals surface area (Å²) in [6, 6.07) is 9.41. The van der Waals surface area contributed by atoms with Crippen molar-refractivity contribution in [3.05, 3.63) is 35.4 Å². The summed E-state index contributed by atoms with van der Waals surface area (Å²) in [5.41, 5.74) is 8.76. The Morgan fingerprint density at radius 3 is 2.24 bits per heavy atom. The van der Waals surface area contributed by atoms with Gasteiger partial charge >= 0.3 is 0 Å². The molecule has 2 atom stereocenters. The van der Waals surface area contributed by atoms with Gasteiger partial charge in [-0.25, -0.2) is 0 Å². The van der Waals surface area contributed by atoms with Crippen LogP contribution in [0.1, 0.15) is 37.8 Å². The third-order valence-electron chi connectivity index (χ3n) is 6.19. The number of carbonyl (C=O) groups excluding carboxylic acids is 1. The number of carbonyl (C=O) groups is 1. The maximum atomic E-state index is 13.0. The van der Waals surface area contributed by atoms with E-state index in [1.54, 1.807) is 0 Å². The van der Waals surface area contributed by atoms with E-state index >= 15 is 0 Å². The lowest BCUT2D eigenvalue weighted by atomic mass is 9.91. The number of hydrazine groups is 1. The van der Waals surface area contributed by atoms with Gasteiger partial charge in [-0.2, -0.15) is 0 Å². The molecule has 1 heterocycles. The molecule has 1 saturated heterocycles. The van der Waals surface area contributed by atoms with E-state index in [0.29, 0.717) is 18.0 Å². The van der Waals surface area contributed by atoms with Crippen LogP contribution in [0.25, 0.3) is 0 Å². The average molecular weight is 345 g/mol. The summed E-state index contributed by atoms with van der Waals surface area (Å²) >= 11 is 0. The Bertz CT molecular complexity index is 580. The van der Waals surface area contributed by atoms with Crippen molar-refractivity contribution in [1.29, 1.82) is 0 Å². The number of nitrogens with zero attached hydrogens (tertiary/aromatic N) is 1. The van der Waals surface area contributed by atoms with Crippen molar-refractivity contribution >= 4 is 5.91 Å². The standard InChI is InChI=1S/C20H32N4O/c1-14-18(15(2)23-22-14)10-7-11-21-19(25)20(24(3)4)12-16-8-5-6-9-17(16)13-20/h5-6,8-9,14-15,18,22-23H,7,10-13H2,1-4H3,(H,21,25). The molecule has 5 nitrogen and oxygen atoms in total. The summed E-state index contributed by atoms with van der Waals surface area (Å²) in [6.45, 7) is 5.19. The zero-order valence-corrected chi connectivity index (χ0v) is 15.9. The predicted molar refractivity (Wildman–Crippen MR) is 101 cm³/mol. The van der Waals surface area contributed by atoms with E-state index in [1.165, 1.54) is 11.1 Å². The predicted octanol–water partition coefficient (Wildman–Crippen LogP) is 1.48. The number of fused-ring (bicyclic) bond motifs is 1. The van der Waals surface area contributed by atoms with E-state index < -0.39 is 5.54 Å². The molecule has 0 spiro atoms. The molecule has 5 heteroatoms. The number of likely N-dealkylation sites (N-methyl/N-ethyl adjacent to an activating group) is 1. The van der Waals surface area contributed by atoms with Crippen molar-refractivity contribution < 1.29 is 4.79 Å². The Morgan fingerprint density at radius 1 is 1.16 bits per heavy atom. The SMILES string of the molecule is CC1NNC(C)C1CCCNC(=O)C1(N(C)C)Cc2ccccc2C1. The zero-order chi connectivity index (χ0) is 18.0. The summed E-state index contributed by atoms with van der Waals surface area (Å²) < 4.78 is 0. The van der Waals surface area contributed by atoms with E-state index in [4.69, 9.17) is 0 Å². The number of nitrogens with one attached hydrogen (secondary N) is 3. The average Bonchev–Trinajstić information content (AvgIpc) is 3.13. The summed E-state index contributed by atoms with van der Waals surface area (Å²) in [5.74, 6) is 0.785. The summed E-state index contributed by atoms with van der Waals surface area (Å²) in [7, 11) is 4.04. The van der Waals surface area contributed by atoms with E-state index in [0.717, 1.165) is 32.2 Å². The highest BCUT2D eigenvalue weighted by molar-refractivity contribution is 5.88. The molecule has 1 amide bonds. The van der Waals surface area contributed by atoms with Gasteiger partial charge < -0.3 is 5.32 Å². The first kappa shape index (κ1) is 18.4. The highest BCUT2D eigenvalue weighted by Gasteiger charge is 2.45. The lowest BCUT2D eigenvalue weighted by molar-refractivity contribution is -0.131. The van der Waals surface area contributed by atoms with Crippen LogP contribution in [0.2, 0.25) is 0 Å². The van der Waals surface area contributed by atoms with E-state index in [2.05, 4.69) is 59.2 Å². The highest BCUT2D eigenvalue weighted by atomic mass is 16.2. The molecule has 1 aliphatic heterocycles. The smallest absolute Gasteiger partial charge is 0.241 e.